The highest BCUT2D eigenvalue weighted by Gasteiger charge is 2.30. The molecule has 35 heavy (non-hydrogen) atoms. The van der Waals surface area contributed by atoms with Crippen molar-refractivity contribution in [3.05, 3.63) is 72.3 Å². The summed E-state index contributed by atoms with van der Waals surface area (Å²) < 4.78 is 70.6. The van der Waals surface area contributed by atoms with Crippen LogP contribution in [-0.2, 0) is 25.0 Å². The number of hydrogen-bond donors (Lipinski definition) is 4. The summed E-state index contributed by atoms with van der Waals surface area (Å²) in [6.45, 7) is 0. The number of imidazole rings is 2. The number of aromatic nitrogens is 4. The van der Waals surface area contributed by atoms with Gasteiger partial charge >= 0.3 is 32.2 Å². The van der Waals surface area contributed by atoms with E-state index < -0.39 is 53.9 Å². The van der Waals surface area contributed by atoms with E-state index in [1.54, 1.807) is 36.4 Å². The predicted octanol–water partition coefficient (Wildman–Crippen LogP) is 1.96. The molecule has 0 amide bonds. The maximum absolute atomic E-state index is 12.5. The van der Waals surface area contributed by atoms with Crippen molar-refractivity contribution in [3.8, 4) is 22.5 Å². The Labute approximate surface area is 197 Å². The molecule has 0 radical (unpaired) electrons. The van der Waals surface area contributed by atoms with Crippen LogP contribution in [0.3, 0.4) is 0 Å². The number of nitrogens with zero attached hydrogens (tertiary/aromatic N) is 2. The Morgan fingerprint density at radius 2 is 1.00 bits per heavy atom. The molecule has 4 rings (SSSR count). The third-order valence-electron chi connectivity index (χ3n) is 4.52. The molecule has 2 aromatic heterocycles. The van der Waals surface area contributed by atoms with Gasteiger partial charge in [-0.25, -0.2) is 19.6 Å². The molecule has 180 valence electrons. The SMILES string of the molecule is O=C(OC(=O)c1nc(-c2ccccc2)c(S(=O)(=O)O)[nH]1)c1nc(-c2ccccc2)c(S(=O)(=O)O)[nH]1. The number of hydrogen-bond acceptors (Lipinski definition) is 9. The lowest BCUT2D eigenvalue weighted by Gasteiger charge is -1.98. The van der Waals surface area contributed by atoms with Gasteiger partial charge in [0.2, 0.25) is 11.6 Å². The summed E-state index contributed by atoms with van der Waals surface area (Å²) in [5.41, 5.74) is -0.132. The fraction of sp³-hybridized carbons (Fsp3) is 0. The Bertz CT molecular complexity index is 1520. The summed E-state index contributed by atoms with van der Waals surface area (Å²) in [5.74, 6) is -4.38. The fourth-order valence-corrected chi connectivity index (χ4v) is 4.31. The molecule has 0 bridgehead atoms. The van der Waals surface area contributed by atoms with Crippen LogP contribution in [0.25, 0.3) is 22.5 Å². The molecule has 0 spiro atoms. The van der Waals surface area contributed by atoms with E-state index >= 15 is 0 Å². The van der Waals surface area contributed by atoms with E-state index in [1.807, 2.05) is 0 Å². The Morgan fingerprint density at radius 3 is 1.31 bits per heavy atom. The third-order valence-corrected chi connectivity index (χ3v) is 6.15. The molecule has 0 aliphatic carbocycles. The van der Waals surface area contributed by atoms with Crippen LogP contribution >= 0.6 is 0 Å². The van der Waals surface area contributed by atoms with E-state index in [4.69, 9.17) is 0 Å². The van der Waals surface area contributed by atoms with Gasteiger partial charge in [-0.1, -0.05) is 60.7 Å². The number of H-pyrrole nitrogens is 2. The van der Waals surface area contributed by atoms with Crippen LogP contribution in [0.1, 0.15) is 21.2 Å². The second-order valence-corrected chi connectivity index (χ2v) is 9.60. The predicted molar refractivity (Wildman–Crippen MR) is 117 cm³/mol. The second kappa shape index (κ2) is 8.88. The molecule has 0 aliphatic heterocycles. The molecular formula is C20H14N4O9S2. The summed E-state index contributed by atoms with van der Waals surface area (Å²) in [6.07, 6.45) is 0. The average Bonchev–Trinajstić information content (AvgIpc) is 3.46. The van der Waals surface area contributed by atoms with Crippen LogP contribution < -0.4 is 0 Å². The summed E-state index contributed by atoms with van der Waals surface area (Å²) in [6, 6.07) is 15.4. The largest absolute Gasteiger partial charge is 0.382 e. The minimum atomic E-state index is -4.85. The number of aromatic amines is 2. The Morgan fingerprint density at radius 1 is 0.657 bits per heavy atom. The number of carbonyl (C=O) groups excluding carboxylic acids is 2. The fourth-order valence-electron chi connectivity index (χ4n) is 3.05. The van der Waals surface area contributed by atoms with Gasteiger partial charge in [-0.2, -0.15) is 16.8 Å². The number of carbonyl (C=O) groups is 2. The molecule has 0 saturated carbocycles. The van der Waals surface area contributed by atoms with E-state index in [-0.39, 0.29) is 22.5 Å². The maximum atomic E-state index is 12.5. The highest BCUT2D eigenvalue weighted by Crippen LogP contribution is 2.27. The molecule has 15 heteroatoms. The maximum Gasteiger partial charge on any atom is 0.382 e. The van der Waals surface area contributed by atoms with Gasteiger partial charge < -0.3 is 14.7 Å². The van der Waals surface area contributed by atoms with E-state index in [2.05, 4.69) is 24.7 Å². The summed E-state index contributed by atoms with van der Waals surface area (Å²) in [7, 11) is -9.70. The minimum Gasteiger partial charge on any atom is -0.381 e. The van der Waals surface area contributed by atoms with Crippen molar-refractivity contribution in [1.29, 1.82) is 0 Å². The van der Waals surface area contributed by atoms with Gasteiger partial charge in [0.05, 0.1) is 0 Å². The van der Waals surface area contributed by atoms with Crippen molar-refractivity contribution >= 4 is 32.2 Å². The van der Waals surface area contributed by atoms with Crippen LogP contribution in [0.2, 0.25) is 0 Å². The Kier molecular flexibility index (Phi) is 6.08. The quantitative estimate of drug-likeness (QED) is 0.165. The molecule has 0 aliphatic rings. The van der Waals surface area contributed by atoms with E-state index in [0.717, 1.165) is 0 Å². The van der Waals surface area contributed by atoms with Crippen molar-refractivity contribution in [1.82, 2.24) is 19.9 Å². The Hall–Kier alpha value is -4.18. The van der Waals surface area contributed by atoms with Gasteiger partial charge in [0.1, 0.15) is 11.4 Å². The zero-order valence-corrected chi connectivity index (χ0v) is 18.9. The molecule has 2 heterocycles. The van der Waals surface area contributed by atoms with Crippen molar-refractivity contribution in [2.45, 2.75) is 10.1 Å². The highest BCUT2D eigenvalue weighted by atomic mass is 32.2. The lowest BCUT2D eigenvalue weighted by molar-refractivity contribution is 0.0381. The topological polar surface area (TPSA) is 209 Å². The zero-order chi connectivity index (χ0) is 25.4. The monoisotopic (exact) mass is 518 g/mol. The van der Waals surface area contributed by atoms with Crippen LogP contribution in [0, 0.1) is 0 Å². The highest BCUT2D eigenvalue weighted by molar-refractivity contribution is 7.86. The first-order chi connectivity index (χ1) is 16.4. The van der Waals surface area contributed by atoms with E-state index in [0.29, 0.717) is 0 Å². The first kappa shape index (κ1) is 24.0. The second-order valence-electron chi connectivity index (χ2n) is 6.89. The average molecular weight is 518 g/mol. The molecule has 0 atom stereocenters. The van der Waals surface area contributed by atoms with Gasteiger partial charge in [0, 0.05) is 11.1 Å². The molecular weight excluding hydrogens is 504 g/mol. The van der Waals surface area contributed by atoms with Crippen LogP contribution in [-0.4, -0.2) is 57.8 Å². The Balaban J connectivity index is 1.67. The number of benzene rings is 2. The van der Waals surface area contributed by atoms with Gasteiger partial charge in [-0.15, -0.1) is 0 Å². The molecule has 2 aromatic carbocycles. The molecule has 13 nitrogen and oxygen atoms in total. The van der Waals surface area contributed by atoms with Crippen LogP contribution in [0.5, 0.6) is 0 Å². The first-order valence-electron chi connectivity index (χ1n) is 9.47. The van der Waals surface area contributed by atoms with Gasteiger partial charge in [-0.3, -0.25) is 9.11 Å². The van der Waals surface area contributed by atoms with Crippen LogP contribution in [0.15, 0.2) is 70.7 Å². The lowest BCUT2D eigenvalue weighted by atomic mass is 10.2. The first-order valence-corrected chi connectivity index (χ1v) is 12.4. The lowest BCUT2D eigenvalue weighted by Crippen LogP contribution is -2.15. The van der Waals surface area contributed by atoms with Gasteiger partial charge in [-0.05, 0) is 0 Å². The number of rotatable bonds is 6. The number of nitrogens with one attached hydrogen (secondary N) is 2. The number of ether oxygens (including phenoxy) is 1. The summed E-state index contributed by atoms with van der Waals surface area (Å²) in [5, 5.41) is -1.61. The summed E-state index contributed by atoms with van der Waals surface area (Å²) >= 11 is 0. The van der Waals surface area contributed by atoms with Crippen molar-refractivity contribution in [3.63, 3.8) is 0 Å². The van der Waals surface area contributed by atoms with Crippen molar-refractivity contribution in [2.75, 3.05) is 0 Å². The van der Waals surface area contributed by atoms with Crippen molar-refractivity contribution < 1.29 is 40.3 Å². The van der Waals surface area contributed by atoms with Crippen molar-refractivity contribution in [2.24, 2.45) is 0 Å². The normalized spacial score (nSPS) is 11.8. The zero-order valence-electron chi connectivity index (χ0n) is 17.2. The van der Waals surface area contributed by atoms with Gasteiger partial charge in [0.15, 0.2) is 10.1 Å². The molecule has 4 aromatic rings. The minimum absolute atomic E-state index is 0.234. The number of esters is 2. The standard InChI is InChI=1S/C20H14N4O9S2/c25-19(15-21-13(11-7-3-1-4-8-11)17(23-15)34(27,28)29)33-20(26)16-22-14(12-9-5-2-6-10-12)18(24-16)35(30,31)32/h1-10H,(H,21,23)(H,22,24)(H,27,28,29)(H,30,31,32). The third kappa shape index (κ3) is 5.02. The molecule has 4 N–H and O–H groups in total. The summed E-state index contributed by atoms with van der Waals surface area (Å²) in [4.78, 5) is 36.8. The smallest absolute Gasteiger partial charge is 0.381 e. The van der Waals surface area contributed by atoms with Gasteiger partial charge in [0.25, 0.3) is 0 Å². The molecule has 0 fully saturated rings. The van der Waals surface area contributed by atoms with E-state index in [9.17, 15) is 35.5 Å². The molecule has 0 saturated heterocycles. The van der Waals surface area contributed by atoms with E-state index in [1.165, 1.54) is 24.3 Å². The van der Waals surface area contributed by atoms with Crippen LogP contribution in [0.4, 0.5) is 0 Å². The molecule has 0 unspecified atom stereocenters.